The van der Waals surface area contributed by atoms with Crippen molar-refractivity contribution < 1.29 is 22.8 Å². The summed E-state index contributed by atoms with van der Waals surface area (Å²) in [5, 5.41) is 4.57. The van der Waals surface area contributed by atoms with Crippen LogP contribution in [0.15, 0.2) is 72.1 Å². The molecule has 1 N–H and O–H groups in total. The lowest BCUT2D eigenvalue weighted by molar-refractivity contribution is -0.137. The number of urea groups is 1. The summed E-state index contributed by atoms with van der Waals surface area (Å²) in [6, 6.07) is 17.2. The molecule has 0 unspecified atom stereocenters. The van der Waals surface area contributed by atoms with E-state index in [2.05, 4.69) is 5.32 Å². The summed E-state index contributed by atoms with van der Waals surface area (Å²) < 4.78 is 38.5. The average Bonchev–Trinajstić information content (AvgIpc) is 3.35. The van der Waals surface area contributed by atoms with Crippen molar-refractivity contribution >= 4 is 29.0 Å². The molecule has 9 heteroatoms. The predicted molar refractivity (Wildman–Crippen MR) is 132 cm³/mol. The van der Waals surface area contributed by atoms with E-state index in [-0.39, 0.29) is 18.1 Å². The number of thiophene rings is 1. The van der Waals surface area contributed by atoms with Crippen LogP contribution in [0.4, 0.5) is 23.7 Å². The maximum Gasteiger partial charge on any atom is 0.416 e. The van der Waals surface area contributed by atoms with Crippen molar-refractivity contribution in [1.82, 2.24) is 9.80 Å². The third-order valence-electron chi connectivity index (χ3n) is 5.35. The van der Waals surface area contributed by atoms with Crippen molar-refractivity contribution in [3.8, 4) is 0 Å². The van der Waals surface area contributed by atoms with Gasteiger partial charge in [0.15, 0.2) is 0 Å². The molecule has 1 heterocycles. The van der Waals surface area contributed by atoms with E-state index in [0.29, 0.717) is 26.1 Å². The molecule has 0 aliphatic carbocycles. The molecule has 0 fully saturated rings. The minimum absolute atomic E-state index is 0.134. The lowest BCUT2D eigenvalue weighted by Crippen LogP contribution is -2.44. The number of hydrogen-bond acceptors (Lipinski definition) is 3. The lowest BCUT2D eigenvalue weighted by atomic mass is 10.2. The van der Waals surface area contributed by atoms with E-state index < -0.39 is 17.8 Å². The maximum absolute atomic E-state index is 13.3. The van der Waals surface area contributed by atoms with Crippen molar-refractivity contribution in [2.75, 3.05) is 18.4 Å². The summed E-state index contributed by atoms with van der Waals surface area (Å²) in [5.74, 6) is -0.207. The number of nitrogens with one attached hydrogen (secondary N) is 1. The number of carbonyl (C=O) groups is 2. The third kappa shape index (κ3) is 8.13. The molecular weight excluding hydrogens is 475 g/mol. The van der Waals surface area contributed by atoms with Gasteiger partial charge in [-0.3, -0.25) is 4.79 Å². The van der Waals surface area contributed by atoms with Gasteiger partial charge in [-0.05, 0) is 47.7 Å². The zero-order valence-electron chi connectivity index (χ0n) is 19.4. The second-order valence-corrected chi connectivity index (χ2v) is 9.13. The molecule has 0 atom stereocenters. The van der Waals surface area contributed by atoms with Gasteiger partial charge in [-0.25, -0.2) is 4.79 Å². The van der Waals surface area contributed by atoms with E-state index in [1.165, 1.54) is 17.0 Å². The van der Waals surface area contributed by atoms with Crippen molar-refractivity contribution in [1.29, 1.82) is 0 Å². The molecule has 1 aromatic heterocycles. The van der Waals surface area contributed by atoms with Crippen LogP contribution >= 0.6 is 11.3 Å². The fourth-order valence-electron chi connectivity index (χ4n) is 3.44. The Balaban J connectivity index is 1.72. The summed E-state index contributed by atoms with van der Waals surface area (Å²) in [6.07, 6.45) is -2.94. The monoisotopic (exact) mass is 503 g/mol. The number of hydrogen-bond donors (Lipinski definition) is 1. The Hall–Kier alpha value is -3.33. The summed E-state index contributed by atoms with van der Waals surface area (Å²) in [4.78, 5) is 30.5. The Morgan fingerprint density at radius 1 is 0.914 bits per heavy atom. The van der Waals surface area contributed by atoms with Crippen molar-refractivity contribution in [3.05, 3.63) is 88.1 Å². The molecule has 35 heavy (non-hydrogen) atoms. The number of alkyl halides is 3. The fraction of sp³-hybridized carbons (Fsp3) is 0.308. The van der Waals surface area contributed by atoms with E-state index in [1.54, 1.807) is 16.2 Å². The van der Waals surface area contributed by atoms with Crippen LogP contribution in [-0.2, 0) is 24.1 Å². The van der Waals surface area contributed by atoms with Gasteiger partial charge in [0.25, 0.3) is 0 Å². The Bertz CT molecular complexity index is 1070. The Morgan fingerprint density at radius 3 is 2.23 bits per heavy atom. The maximum atomic E-state index is 13.3. The van der Waals surface area contributed by atoms with Crippen LogP contribution in [0.3, 0.4) is 0 Å². The van der Waals surface area contributed by atoms with Crippen molar-refractivity contribution in [2.24, 2.45) is 0 Å². The summed E-state index contributed by atoms with van der Waals surface area (Å²) in [6.45, 7) is 3.02. The molecule has 0 aliphatic rings. The molecule has 0 bridgehead atoms. The molecule has 0 aliphatic heterocycles. The van der Waals surface area contributed by atoms with Gasteiger partial charge in [-0.1, -0.05) is 49.7 Å². The van der Waals surface area contributed by atoms with Crippen LogP contribution in [0.2, 0.25) is 0 Å². The van der Waals surface area contributed by atoms with E-state index >= 15 is 0 Å². The highest BCUT2D eigenvalue weighted by molar-refractivity contribution is 7.09. The van der Waals surface area contributed by atoms with E-state index in [1.807, 2.05) is 54.8 Å². The van der Waals surface area contributed by atoms with Crippen LogP contribution < -0.4 is 5.32 Å². The van der Waals surface area contributed by atoms with Gasteiger partial charge in [0.05, 0.1) is 12.1 Å². The number of rotatable bonds is 10. The largest absolute Gasteiger partial charge is 0.416 e. The molecule has 3 amide bonds. The number of nitrogens with zero attached hydrogens (tertiary/aromatic N) is 2. The highest BCUT2D eigenvalue weighted by Crippen LogP contribution is 2.29. The molecule has 5 nitrogen and oxygen atoms in total. The number of halogens is 3. The number of amides is 3. The quantitative estimate of drug-likeness (QED) is 0.338. The van der Waals surface area contributed by atoms with Gasteiger partial charge in [0, 0.05) is 23.7 Å². The summed E-state index contributed by atoms with van der Waals surface area (Å²) in [7, 11) is 0. The third-order valence-corrected chi connectivity index (χ3v) is 6.22. The second kappa shape index (κ2) is 12.4. The van der Waals surface area contributed by atoms with Gasteiger partial charge < -0.3 is 15.1 Å². The molecule has 3 rings (SSSR count). The summed E-state index contributed by atoms with van der Waals surface area (Å²) in [5.41, 5.74) is 0.419. The normalized spacial score (nSPS) is 11.2. The first kappa shape index (κ1) is 26.3. The molecule has 0 radical (unpaired) electrons. The highest BCUT2D eigenvalue weighted by atomic mass is 32.1. The second-order valence-electron chi connectivity index (χ2n) is 8.10. The van der Waals surface area contributed by atoms with Crippen molar-refractivity contribution in [3.63, 3.8) is 0 Å². The molecular formula is C26H28F3N3O2S. The molecule has 186 valence electrons. The molecule has 3 aromatic rings. The van der Waals surface area contributed by atoms with Gasteiger partial charge in [-0.15, -0.1) is 11.3 Å². The van der Waals surface area contributed by atoms with Crippen LogP contribution in [-0.4, -0.2) is 34.8 Å². The van der Waals surface area contributed by atoms with Gasteiger partial charge >= 0.3 is 12.2 Å². The van der Waals surface area contributed by atoms with Crippen LogP contribution in [0, 0.1) is 0 Å². The minimum atomic E-state index is -4.45. The zero-order chi connectivity index (χ0) is 25.3. The Kier molecular flexibility index (Phi) is 9.31. The minimum Gasteiger partial charge on any atom is -0.332 e. The summed E-state index contributed by atoms with van der Waals surface area (Å²) >= 11 is 1.56. The van der Waals surface area contributed by atoms with Crippen LogP contribution in [0.1, 0.15) is 35.8 Å². The van der Waals surface area contributed by atoms with Gasteiger partial charge in [-0.2, -0.15) is 13.2 Å². The van der Waals surface area contributed by atoms with Crippen LogP contribution in [0.25, 0.3) is 0 Å². The topological polar surface area (TPSA) is 52.7 Å². The molecule has 0 spiro atoms. The number of anilines is 1. The highest BCUT2D eigenvalue weighted by Gasteiger charge is 2.30. The smallest absolute Gasteiger partial charge is 0.332 e. The standard InChI is InChI=1S/C26H28F3N3O2S/c1-2-3-15-31(25(34)30-22-13-11-21(12-14-22)26(27,28)29)19-24(33)32(18-23-10-7-16-35-23)17-20-8-5-4-6-9-20/h4-14,16H,2-3,15,17-19H2,1H3,(H,30,34). The number of unbranched alkanes of at least 4 members (excludes halogenated alkanes) is 1. The lowest BCUT2D eigenvalue weighted by Gasteiger charge is -2.28. The Morgan fingerprint density at radius 2 is 1.63 bits per heavy atom. The number of benzene rings is 2. The first-order valence-electron chi connectivity index (χ1n) is 11.3. The van der Waals surface area contributed by atoms with Gasteiger partial charge in [0.1, 0.15) is 6.54 Å². The average molecular weight is 504 g/mol. The van der Waals surface area contributed by atoms with E-state index in [0.717, 1.165) is 29.0 Å². The predicted octanol–water partition coefficient (Wildman–Crippen LogP) is 6.63. The molecule has 2 aromatic carbocycles. The van der Waals surface area contributed by atoms with E-state index in [4.69, 9.17) is 0 Å². The first-order chi connectivity index (χ1) is 16.8. The SMILES string of the molecule is CCCCN(CC(=O)N(Cc1ccccc1)Cc1cccs1)C(=O)Nc1ccc(C(F)(F)F)cc1. The van der Waals surface area contributed by atoms with Crippen molar-refractivity contribution in [2.45, 2.75) is 39.0 Å². The first-order valence-corrected chi connectivity index (χ1v) is 12.2. The fourth-order valence-corrected chi connectivity index (χ4v) is 4.16. The molecule has 0 saturated heterocycles. The van der Waals surface area contributed by atoms with E-state index in [9.17, 15) is 22.8 Å². The Labute approximate surface area is 207 Å². The van der Waals surface area contributed by atoms with Crippen LogP contribution in [0.5, 0.6) is 0 Å². The molecule has 0 saturated carbocycles. The van der Waals surface area contributed by atoms with Gasteiger partial charge in [0.2, 0.25) is 5.91 Å². The number of carbonyl (C=O) groups excluding carboxylic acids is 2. The zero-order valence-corrected chi connectivity index (χ0v) is 20.2.